The number of hydrogen-bond acceptors (Lipinski definition) is 5. The van der Waals surface area contributed by atoms with E-state index in [1.54, 1.807) is 36.4 Å². The summed E-state index contributed by atoms with van der Waals surface area (Å²) in [4.78, 5) is 39.7. The second kappa shape index (κ2) is 8.63. The van der Waals surface area contributed by atoms with Crippen molar-refractivity contribution in [2.24, 2.45) is 0 Å². The van der Waals surface area contributed by atoms with E-state index in [-0.39, 0.29) is 29.5 Å². The summed E-state index contributed by atoms with van der Waals surface area (Å²) in [6.07, 6.45) is 4.29. The number of benzene rings is 1. The van der Waals surface area contributed by atoms with Crippen molar-refractivity contribution < 1.29 is 18.8 Å². The lowest BCUT2D eigenvalue weighted by molar-refractivity contribution is -0.114. The van der Waals surface area contributed by atoms with Crippen molar-refractivity contribution in [1.29, 1.82) is 0 Å². The average molecular weight is 378 g/mol. The topological polar surface area (TPSA) is 113 Å². The van der Waals surface area contributed by atoms with E-state index in [1.165, 1.54) is 31.6 Å². The van der Waals surface area contributed by atoms with Crippen LogP contribution in [0.25, 0.3) is 0 Å². The number of carbonyl (C=O) groups excluding carboxylic acids is 3. The molecule has 0 aliphatic carbocycles. The van der Waals surface area contributed by atoms with Crippen LogP contribution in [0.4, 0.5) is 11.4 Å². The summed E-state index contributed by atoms with van der Waals surface area (Å²) in [6, 6.07) is 11.6. The largest absolute Gasteiger partial charge is 0.467 e. The molecular weight excluding hydrogens is 360 g/mol. The molecule has 2 aromatic heterocycles. The van der Waals surface area contributed by atoms with Crippen molar-refractivity contribution >= 4 is 29.1 Å². The van der Waals surface area contributed by atoms with E-state index in [1.807, 2.05) is 0 Å². The predicted molar refractivity (Wildman–Crippen MR) is 103 cm³/mol. The van der Waals surface area contributed by atoms with Gasteiger partial charge in [-0.05, 0) is 42.5 Å². The Balaban J connectivity index is 1.63. The van der Waals surface area contributed by atoms with Gasteiger partial charge in [0.2, 0.25) is 5.91 Å². The van der Waals surface area contributed by atoms with Gasteiger partial charge in [0.15, 0.2) is 0 Å². The Hall–Kier alpha value is -3.94. The lowest BCUT2D eigenvalue weighted by Gasteiger charge is -2.08. The van der Waals surface area contributed by atoms with E-state index >= 15 is 0 Å². The van der Waals surface area contributed by atoms with Crippen LogP contribution in [-0.2, 0) is 11.3 Å². The maximum atomic E-state index is 12.4. The number of nitrogens with zero attached hydrogens (tertiary/aromatic N) is 1. The Kier molecular flexibility index (Phi) is 5.81. The van der Waals surface area contributed by atoms with Crippen molar-refractivity contribution in [3.05, 3.63) is 78.0 Å². The normalized spacial score (nSPS) is 10.2. The summed E-state index contributed by atoms with van der Waals surface area (Å²) in [5.74, 6) is -0.318. The quantitative estimate of drug-likeness (QED) is 0.610. The molecule has 0 spiro atoms. The molecule has 28 heavy (non-hydrogen) atoms. The Morgan fingerprint density at radius 2 is 1.57 bits per heavy atom. The summed E-state index contributed by atoms with van der Waals surface area (Å²) < 4.78 is 5.16. The highest BCUT2D eigenvalue weighted by Gasteiger charge is 2.12. The van der Waals surface area contributed by atoms with E-state index in [0.29, 0.717) is 17.1 Å². The number of aromatic nitrogens is 1. The fourth-order valence-corrected chi connectivity index (χ4v) is 2.41. The minimum absolute atomic E-state index is 0.176. The summed E-state index contributed by atoms with van der Waals surface area (Å²) >= 11 is 0. The monoisotopic (exact) mass is 378 g/mol. The fourth-order valence-electron chi connectivity index (χ4n) is 2.41. The molecule has 2 heterocycles. The lowest BCUT2D eigenvalue weighted by atomic mass is 10.1. The molecule has 3 rings (SSSR count). The number of pyridine rings is 1. The third-order valence-electron chi connectivity index (χ3n) is 3.73. The number of carbonyl (C=O) groups is 3. The molecule has 0 aliphatic heterocycles. The maximum absolute atomic E-state index is 12.4. The number of anilines is 2. The predicted octanol–water partition coefficient (Wildman–Crippen LogP) is 2.82. The van der Waals surface area contributed by atoms with Crippen LogP contribution in [0.5, 0.6) is 0 Å². The molecule has 0 bridgehead atoms. The summed E-state index contributed by atoms with van der Waals surface area (Å²) in [5, 5.41) is 8.07. The SMILES string of the molecule is CC(=O)Nc1ccc(NC(=O)c2cncc(C(=O)NCc3ccco3)c2)cc1. The van der Waals surface area contributed by atoms with Crippen LogP contribution in [0.3, 0.4) is 0 Å². The molecule has 0 unspecified atom stereocenters. The minimum atomic E-state index is -0.402. The highest BCUT2D eigenvalue weighted by Crippen LogP contribution is 2.15. The van der Waals surface area contributed by atoms with Gasteiger partial charge in [-0.25, -0.2) is 0 Å². The van der Waals surface area contributed by atoms with Crippen LogP contribution in [0.2, 0.25) is 0 Å². The Morgan fingerprint density at radius 1 is 0.929 bits per heavy atom. The molecule has 3 aromatic rings. The van der Waals surface area contributed by atoms with Gasteiger partial charge in [0.25, 0.3) is 11.8 Å². The van der Waals surface area contributed by atoms with Crippen molar-refractivity contribution in [1.82, 2.24) is 10.3 Å². The Bertz CT molecular complexity index is 982. The molecule has 0 radical (unpaired) electrons. The highest BCUT2D eigenvalue weighted by atomic mass is 16.3. The number of furan rings is 1. The fraction of sp³-hybridized carbons (Fsp3) is 0.100. The zero-order chi connectivity index (χ0) is 19.9. The van der Waals surface area contributed by atoms with Crippen molar-refractivity contribution in [2.45, 2.75) is 13.5 Å². The summed E-state index contributed by atoms with van der Waals surface area (Å²) in [7, 11) is 0. The first kappa shape index (κ1) is 18.8. The van der Waals surface area contributed by atoms with Crippen LogP contribution >= 0.6 is 0 Å². The van der Waals surface area contributed by atoms with Gasteiger partial charge in [0, 0.05) is 30.7 Å². The van der Waals surface area contributed by atoms with Gasteiger partial charge in [-0.1, -0.05) is 0 Å². The van der Waals surface area contributed by atoms with Crippen LogP contribution < -0.4 is 16.0 Å². The van der Waals surface area contributed by atoms with Crippen molar-refractivity contribution in [3.8, 4) is 0 Å². The standard InChI is InChI=1S/C20H18N4O4/c1-13(25)23-16-4-6-17(7-5-16)24-20(27)15-9-14(10-21-11-15)19(26)22-12-18-3-2-8-28-18/h2-11H,12H2,1H3,(H,22,26)(H,23,25)(H,24,27). The molecular formula is C20H18N4O4. The first-order valence-electron chi connectivity index (χ1n) is 8.46. The average Bonchev–Trinajstić information content (AvgIpc) is 3.21. The van der Waals surface area contributed by atoms with Crippen molar-refractivity contribution in [2.75, 3.05) is 10.6 Å². The smallest absolute Gasteiger partial charge is 0.257 e. The molecule has 1 aromatic carbocycles. The summed E-state index contributed by atoms with van der Waals surface area (Å²) in [5.41, 5.74) is 1.69. The first-order chi connectivity index (χ1) is 13.5. The van der Waals surface area contributed by atoms with E-state index in [9.17, 15) is 14.4 Å². The van der Waals surface area contributed by atoms with Crippen molar-refractivity contribution in [3.63, 3.8) is 0 Å². The second-order valence-corrected chi connectivity index (χ2v) is 5.94. The second-order valence-electron chi connectivity index (χ2n) is 5.94. The zero-order valence-corrected chi connectivity index (χ0v) is 15.1. The van der Waals surface area contributed by atoms with E-state index in [0.717, 1.165) is 0 Å². The zero-order valence-electron chi connectivity index (χ0n) is 15.1. The van der Waals surface area contributed by atoms with Crippen LogP contribution in [0.15, 0.2) is 65.5 Å². The molecule has 8 nitrogen and oxygen atoms in total. The number of nitrogens with one attached hydrogen (secondary N) is 3. The van der Waals surface area contributed by atoms with Gasteiger partial charge < -0.3 is 20.4 Å². The van der Waals surface area contributed by atoms with Gasteiger partial charge in [-0.3, -0.25) is 19.4 Å². The molecule has 8 heteroatoms. The number of hydrogen-bond donors (Lipinski definition) is 3. The van der Waals surface area contributed by atoms with E-state index < -0.39 is 5.91 Å². The van der Waals surface area contributed by atoms with Crippen LogP contribution in [0.1, 0.15) is 33.4 Å². The highest BCUT2D eigenvalue weighted by molar-refractivity contribution is 6.06. The lowest BCUT2D eigenvalue weighted by Crippen LogP contribution is -2.23. The molecule has 142 valence electrons. The molecule has 0 fully saturated rings. The van der Waals surface area contributed by atoms with E-state index in [4.69, 9.17) is 4.42 Å². The van der Waals surface area contributed by atoms with Gasteiger partial charge >= 0.3 is 0 Å². The Labute approximate surface area is 161 Å². The first-order valence-corrected chi connectivity index (χ1v) is 8.46. The molecule has 0 atom stereocenters. The Morgan fingerprint density at radius 3 is 2.18 bits per heavy atom. The minimum Gasteiger partial charge on any atom is -0.467 e. The number of amides is 3. The molecule has 3 amide bonds. The van der Waals surface area contributed by atoms with Gasteiger partial charge in [0.1, 0.15) is 5.76 Å². The van der Waals surface area contributed by atoms with Gasteiger partial charge in [0.05, 0.1) is 23.9 Å². The summed E-state index contributed by atoms with van der Waals surface area (Å²) in [6.45, 7) is 1.66. The third-order valence-corrected chi connectivity index (χ3v) is 3.73. The van der Waals surface area contributed by atoms with Gasteiger partial charge in [-0.2, -0.15) is 0 Å². The molecule has 0 aliphatic rings. The maximum Gasteiger partial charge on any atom is 0.257 e. The third kappa shape index (κ3) is 5.04. The molecule has 0 saturated carbocycles. The van der Waals surface area contributed by atoms with Gasteiger partial charge in [-0.15, -0.1) is 0 Å². The molecule has 3 N–H and O–H groups in total. The van der Waals surface area contributed by atoms with Crippen LogP contribution in [0, 0.1) is 0 Å². The van der Waals surface area contributed by atoms with Crippen LogP contribution in [-0.4, -0.2) is 22.7 Å². The number of rotatable bonds is 6. The molecule has 0 saturated heterocycles. The van der Waals surface area contributed by atoms with E-state index in [2.05, 4.69) is 20.9 Å².